The largest absolute Gasteiger partial charge is 0.481 e. The second-order valence-electron chi connectivity index (χ2n) is 6.16. The Balaban J connectivity index is 1.48. The summed E-state index contributed by atoms with van der Waals surface area (Å²) in [4.78, 5) is 0. The molecule has 124 valence electrons. The van der Waals surface area contributed by atoms with E-state index in [9.17, 15) is 0 Å². The molecule has 2 heterocycles. The van der Waals surface area contributed by atoms with E-state index in [-0.39, 0.29) is 12.0 Å². The Morgan fingerprint density at radius 2 is 2.00 bits per heavy atom. The lowest BCUT2D eigenvalue weighted by molar-refractivity contribution is 0.0710. The van der Waals surface area contributed by atoms with E-state index in [1.165, 1.54) is 5.39 Å². The molecular formula is C19H20N2O3. The molecule has 0 aliphatic carbocycles. The lowest BCUT2D eigenvalue weighted by Crippen LogP contribution is -2.15. The van der Waals surface area contributed by atoms with Crippen LogP contribution in [0.1, 0.15) is 43.6 Å². The predicted molar refractivity (Wildman–Crippen MR) is 90.1 cm³/mol. The standard InChI is InChI=1S/C19H20N2O3/c1-13(18-20-21-19(24-18)16-7-4-10-22-12-16)23-17-9-8-14-5-2-3-6-15(14)11-17/h2-3,5-6,8-9,11,13,16H,4,7,10,12H2,1H3/t13-,16-/m1/s1. The quantitative estimate of drug-likeness (QED) is 0.718. The van der Waals surface area contributed by atoms with E-state index < -0.39 is 0 Å². The number of nitrogens with zero attached hydrogens (tertiary/aromatic N) is 2. The van der Waals surface area contributed by atoms with Gasteiger partial charge in [-0.15, -0.1) is 10.2 Å². The van der Waals surface area contributed by atoms with E-state index in [0.29, 0.717) is 18.4 Å². The molecule has 1 aliphatic heterocycles. The molecule has 0 unspecified atom stereocenters. The van der Waals surface area contributed by atoms with Gasteiger partial charge in [-0.3, -0.25) is 0 Å². The number of fused-ring (bicyclic) bond motifs is 1. The Kier molecular flexibility index (Phi) is 4.17. The van der Waals surface area contributed by atoms with Crippen molar-refractivity contribution in [3.8, 4) is 5.75 Å². The molecule has 0 amide bonds. The molecule has 1 fully saturated rings. The molecule has 1 aromatic heterocycles. The molecule has 5 nitrogen and oxygen atoms in total. The number of hydrogen-bond acceptors (Lipinski definition) is 5. The highest BCUT2D eigenvalue weighted by Gasteiger charge is 2.24. The Morgan fingerprint density at radius 3 is 2.83 bits per heavy atom. The van der Waals surface area contributed by atoms with Gasteiger partial charge in [0.1, 0.15) is 5.75 Å². The van der Waals surface area contributed by atoms with Crippen molar-refractivity contribution in [2.75, 3.05) is 13.2 Å². The van der Waals surface area contributed by atoms with Crippen molar-refractivity contribution in [3.63, 3.8) is 0 Å². The molecule has 0 spiro atoms. The van der Waals surface area contributed by atoms with Gasteiger partial charge in [-0.05, 0) is 42.7 Å². The predicted octanol–water partition coefficient (Wildman–Crippen LogP) is 4.26. The van der Waals surface area contributed by atoms with Crippen molar-refractivity contribution in [2.24, 2.45) is 0 Å². The maximum absolute atomic E-state index is 5.98. The third-order valence-electron chi connectivity index (χ3n) is 4.35. The van der Waals surface area contributed by atoms with Crippen LogP contribution in [0.4, 0.5) is 0 Å². The molecule has 5 heteroatoms. The average molecular weight is 324 g/mol. The molecule has 1 aliphatic rings. The topological polar surface area (TPSA) is 57.4 Å². The Hall–Kier alpha value is -2.40. The van der Waals surface area contributed by atoms with Gasteiger partial charge in [0.05, 0.1) is 12.5 Å². The van der Waals surface area contributed by atoms with Gasteiger partial charge in [-0.2, -0.15) is 0 Å². The van der Waals surface area contributed by atoms with Crippen LogP contribution in [-0.2, 0) is 4.74 Å². The minimum atomic E-state index is -0.295. The van der Waals surface area contributed by atoms with Gasteiger partial charge in [0.15, 0.2) is 6.10 Å². The van der Waals surface area contributed by atoms with Crippen LogP contribution in [0, 0.1) is 0 Å². The first-order chi connectivity index (χ1) is 11.8. The summed E-state index contributed by atoms with van der Waals surface area (Å²) in [5.41, 5.74) is 0. The summed E-state index contributed by atoms with van der Waals surface area (Å²) in [5, 5.41) is 10.7. The minimum Gasteiger partial charge on any atom is -0.481 e. The molecule has 4 rings (SSSR count). The van der Waals surface area contributed by atoms with E-state index in [1.807, 2.05) is 31.2 Å². The Labute approximate surface area is 140 Å². The van der Waals surface area contributed by atoms with Crippen LogP contribution in [0.2, 0.25) is 0 Å². The van der Waals surface area contributed by atoms with Gasteiger partial charge >= 0.3 is 0 Å². The lowest BCUT2D eigenvalue weighted by atomic mass is 10.0. The van der Waals surface area contributed by atoms with Crippen molar-refractivity contribution in [1.82, 2.24) is 10.2 Å². The van der Waals surface area contributed by atoms with Crippen LogP contribution in [0.5, 0.6) is 5.75 Å². The fourth-order valence-electron chi connectivity index (χ4n) is 3.01. The molecule has 0 saturated carbocycles. The SMILES string of the molecule is C[C@@H](Oc1ccc2ccccc2c1)c1nnc([C@@H]2CCCOC2)o1. The number of rotatable bonds is 4. The number of aromatic nitrogens is 2. The summed E-state index contributed by atoms with van der Waals surface area (Å²) in [7, 11) is 0. The van der Waals surface area contributed by atoms with Crippen molar-refractivity contribution < 1.29 is 13.9 Å². The van der Waals surface area contributed by atoms with E-state index in [1.54, 1.807) is 0 Å². The van der Waals surface area contributed by atoms with E-state index >= 15 is 0 Å². The number of benzene rings is 2. The summed E-state index contributed by atoms with van der Waals surface area (Å²) in [6.45, 7) is 3.39. The second kappa shape index (κ2) is 6.61. The molecule has 3 aromatic rings. The number of hydrogen-bond donors (Lipinski definition) is 0. The highest BCUT2D eigenvalue weighted by atomic mass is 16.5. The zero-order valence-corrected chi connectivity index (χ0v) is 13.6. The van der Waals surface area contributed by atoms with Crippen LogP contribution >= 0.6 is 0 Å². The molecule has 0 N–H and O–H groups in total. The van der Waals surface area contributed by atoms with Crippen LogP contribution in [0.25, 0.3) is 10.8 Å². The van der Waals surface area contributed by atoms with Gasteiger partial charge < -0.3 is 13.9 Å². The van der Waals surface area contributed by atoms with Crippen molar-refractivity contribution in [2.45, 2.75) is 31.8 Å². The third kappa shape index (κ3) is 3.12. The molecule has 0 radical (unpaired) electrons. The first kappa shape index (κ1) is 15.1. The average Bonchev–Trinajstić information content (AvgIpc) is 3.13. The van der Waals surface area contributed by atoms with Crippen LogP contribution in [0.15, 0.2) is 46.9 Å². The third-order valence-corrected chi connectivity index (χ3v) is 4.35. The van der Waals surface area contributed by atoms with Crippen molar-refractivity contribution >= 4 is 10.8 Å². The second-order valence-corrected chi connectivity index (χ2v) is 6.16. The summed E-state index contributed by atoms with van der Waals surface area (Å²) in [6, 6.07) is 14.2. The first-order valence-corrected chi connectivity index (χ1v) is 8.36. The maximum atomic E-state index is 5.98. The van der Waals surface area contributed by atoms with Crippen LogP contribution in [0.3, 0.4) is 0 Å². The normalized spacial score (nSPS) is 19.3. The van der Waals surface area contributed by atoms with Gasteiger partial charge in [0.2, 0.25) is 5.89 Å². The van der Waals surface area contributed by atoms with Crippen molar-refractivity contribution in [1.29, 1.82) is 0 Å². The molecule has 2 aromatic carbocycles. The first-order valence-electron chi connectivity index (χ1n) is 8.36. The summed E-state index contributed by atoms with van der Waals surface area (Å²) >= 11 is 0. The zero-order chi connectivity index (χ0) is 16.4. The maximum Gasteiger partial charge on any atom is 0.256 e. The fourth-order valence-corrected chi connectivity index (χ4v) is 3.01. The molecule has 0 bridgehead atoms. The molecule has 1 saturated heterocycles. The Morgan fingerprint density at radius 1 is 1.12 bits per heavy atom. The van der Waals surface area contributed by atoms with Gasteiger partial charge in [0.25, 0.3) is 5.89 Å². The highest BCUT2D eigenvalue weighted by Crippen LogP contribution is 2.28. The monoisotopic (exact) mass is 324 g/mol. The lowest BCUT2D eigenvalue weighted by Gasteiger charge is -2.18. The minimum absolute atomic E-state index is 0.202. The smallest absolute Gasteiger partial charge is 0.256 e. The van der Waals surface area contributed by atoms with E-state index in [0.717, 1.165) is 30.6 Å². The van der Waals surface area contributed by atoms with Gasteiger partial charge in [-0.25, -0.2) is 0 Å². The van der Waals surface area contributed by atoms with Gasteiger partial charge in [-0.1, -0.05) is 30.3 Å². The van der Waals surface area contributed by atoms with Crippen LogP contribution in [-0.4, -0.2) is 23.4 Å². The number of ether oxygens (including phenoxy) is 2. The summed E-state index contributed by atoms with van der Waals surface area (Å²) < 4.78 is 17.3. The van der Waals surface area contributed by atoms with E-state index in [2.05, 4.69) is 28.4 Å². The van der Waals surface area contributed by atoms with Gasteiger partial charge in [0, 0.05) is 6.61 Å². The van der Waals surface area contributed by atoms with Crippen molar-refractivity contribution in [3.05, 3.63) is 54.2 Å². The van der Waals surface area contributed by atoms with E-state index in [4.69, 9.17) is 13.9 Å². The molecular weight excluding hydrogens is 304 g/mol. The molecule has 24 heavy (non-hydrogen) atoms. The summed E-state index contributed by atoms with van der Waals surface area (Å²) in [5.74, 6) is 2.15. The summed E-state index contributed by atoms with van der Waals surface area (Å²) in [6.07, 6.45) is 1.77. The fraction of sp³-hybridized carbons (Fsp3) is 0.368. The highest BCUT2D eigenvalue weighted by molar-refractivity contribution is 5.83. The molecule has 2 atom stereocenters. The zero-order valence-electron chi connectivity index (χ0n) is 13.6. The Bertz CT molecular complexity index is 824. The van der Waals surface area contributed by atoms with Crippen LogP contribution < -0.4 is 4.74 Å².